The number of amides is 1. The van der Waals surface area contributed by atoms with E-state index in [1.165, 1.54) is 4.31 Å². The fourth-order valence-corrected chi connectivity index (χ4v) is 4.21. The largest absolute Gasteiger partial charge is 0.476 e. The van der Waals surface area contributed by atoms with Gasteiger partial charge in [0.05, 0.1) is 24.5 Å². The molecule has 0 saturated carbocycles. The molecule has 1 N–H and O–H groups in total. The molecule has 1 amide bonds. The summed E-state index contributed by atoms with van der Waals surface area (Å²) < 4.78 is 32.1. The van der Waals surface area contributed by atoms with Crippen LogP contribution in [0.2, 0.25) is 0 Å². The standard InChI is InChI=1S/C22H28N2O4S/c1-15(16-9-7-6-8-10-16)23-21(25)20-14-24(29(5,26)27)18-13-17(22(2,3)4)11-12-19(18)28-20/h6-13,15,20H,14H2,1-5H3,(H,23,25)/t15-,20-/m0/s1. The van der Waals surface area contributed by atoms with Crippen LogP contribution < -0.4 is 14.4 Å². The van der Waals surface area contributed by atoms with Crippen LogP contribution in [0.3, 0.4) is 0 Å². The van der Waals surface area contributed by atoms with Crippen LogP contribution in [0.15, 0.2) is 48.5 Å². The van der Waals surface area contributed by atoms with Gasteiger partial charge in [0, 0.05) is 0 Å². The van der Waals surface area contributed by atoms with Crippen molar-refractivity contribution in [3.05, 3.63) is 59.7 Å². The molecule has 0 aliphatic carbocycles. The Labute approximate surface area is 172 Å². The normalized spacial score (nSPS) is 17.8. The molecule has 0 bridgehead atoms. The van der Waals surface area contributed by atoms with Gasteiger partial charge in [-0.1, -0.05) is 57.2 Å². The number of nitrogens with one attached hydrogen (secondary N) is 1. The lowest BCUT2D eigenvalue weighted by Gasteiger charge is -2.35. The maximum atomic E-state index is 12.8. The monoisotopic (exact) mass is 416 g/mol. The van der Waals surface area contributed by atoms with E-state index in [1.54, 1.807) is 6.07 Å². The molecular formula is C22H28N2O4S. The van der Waals surface area contributed by atoms with Gasteiger partial charge in [-0.3, -0.25) is 9.10 Å². The number of fused-ring (bicyclic) bond motifs is 1. The van der Waals surface area contributed by atoms with E-state index in [-0.39, 0.29) is 23.9 Å². The Hall–Kier alpha value is -2.54. The molecule has 2 atom stereocenters. The van der Waals surface area contributed by atoms with Crippen LogP contribution in [-0.2, 0) is 20.2 Å². The van der Waals surface area contributed by atoms with E-state index in [0.29, 0.717) is 11.4 Å². The van der Waals surface area contributed by atoms with Gasteiger partial charge in [0.25, 0.3) is 5.91 Å². The number of sulfonamides is 1. The van der Waals surface area contributed by atoms with Crippen molar-refractivity contribution in [2.45, 2.75) is 45.3 Å². The van der Waals surface area contributed by atoms with E-state index in [9.17, 15) is 13.2 Å². The third-order valence-corrected chi connectivity index (χ3v) is 6.19. The fraction of sp³-hybridized carbons (Fsp3) is 0.409. The highest BCUT2D eigenvalue weighted by Crippen LogP contribution is 2.38. The van der Waals surface area contributed by atoms with Crippen molar-refractivity contribution in [3.63, 3.8) is 0 Å². The van der Waals surface area contributed by atoms with Crippen molar-refractivity contribution in [1.29, 1.82) is 0 Å². The van der Waals surface area contributed by atoms with E-state index in [1.807, 2.05) is 49.4 Å². The smallest absolute Gasteiger partial charge is 0.263 e. The summed E-state index contributed by atoms with van der Waals surface area (Å²) in [6.45, 7) is 8.00. The first-order valence-corrected chi connectivity index (χ1v) is 11.5. The van der Waals surface area contributed by atoms with Gasteiger partial charge in [0.1, 0.15) is 5.75 Å². The van der Waals surface area contributed by atoms with Crippen LogP contribution in [-0.4, -0.2) is 33.2 Å². The van der Waals surface area contributed by atoms with Crippen molar-refractivity contribution < 1.29 is 17.9 Å². The molecule has 1 aliphatic heterocycles. The molecule has 2 aromatic rings. The highest BCUT2D eigenvalue weighted by molar-refractivity contribution is 7.92. The molecule has 0 spiro atoms. The molecule has 0 radical (unpaired) electrons. The second kappa shape index (κ2) is 7.71. The fourth-order valence-electron chi connectivity index (χ4n) is 3.30. The molecule has 7 heteroatoms. The number of nitrogens with zero attached hydrogens (tertiary/aromatic N) is 1. The van der Waals surface area contributed by atoms with E-state index in [4.69, 9.17) is 4.74 Å². The van der Waals surface area contributed by atoms with Crippen LogP contribution >= 0.6 is 0 Å². The number of hydrogen-bond acceptors (Lipinski definition) is 4. The van der Waals surface area contributed by atoms with E-state index in [2.05, 4.69) is 26.1 Å². The zero-order valence-electron chi connectivity index (χ0n) is 17.5. The van der Waals surface area contributed by atoms with Crippen molar-refractivity contribution in [2.75, 3.05) is 17.1 Å². The summed E-state index contributed by atoms with van der Waals surface area (Å²) in [5.41, 5.74) is 2.29. The molecule has 1 heterocycles. The SMILES string of the molecule is C[C@H](NC(=O)[C@@H]1CN(S(C)(=O)=O)c2cc(C(C)(C)C)ccc2O1)c1ccccc1. The molecule has 2 aromatic carbocycles. The molecule has 0 fully saturated rings. The van der Waals surface area contributed by atoms with Crippen molar-refractivity contribution in [3.8, 4) is 5.75 Å². The van der Waals surface area contributed by atoms with Crippen molar-refractivity contribution >= 4 is 21.6 Å². The van der Waals surface area contributed by atoms with Crippen LogP contribution in [0.4, 0.5) is 5.69 Å². The highest BCUT2D eigenvalue weighted by Gasteiger charge is 2.36. The molecule has 0 saturated heterocycles. The first kappa shape index (κ1) is 21.2. The maximum Gasteiger partial charge on any atom is 0.263 e. The number of ether oxygens (including phenoxy) is 1. The maximum absolute atomic E-state index is 12.8. The summed E-state index contributed by atoms with van der Waals surface area (Å²) >= 11 is 0. The number of rotatable bonds is 4. The Kier molecular flexibility index (Phi) is 5.63. The molecule has 3 rings (SSSR count). The molecular weight excluding hydrogens is 388 g/mol. The minimum atomic E-state index is -3.58. The Morgan fingerprint density at radius 2 is 1.83 bits per heavy atom. The average molecular weight is 417 g/mol. The summed E-state index contributed by atoms with van der Waals surface area (Å²) in [6, 6.07) is 14.8. The summed E-state index contributed by atoms with van der Waals surface area (Å²) in [7, 11) is -3.58. The number of carbonyl (C=O) groups excluding carboxylic acids is 1. The van der Waals surface area contributed by atoms with Crippen LogP contribution in [0.5, 0.6) is 5.75 Å². The van der Waals surface area contributed by atoms with Crippen molar-refractivity contribution in [2.24, 2.45) is 0 Å². The summed E-state index contributed by atoms with van der Waals surface area (Å²) in [6.07, 6.45) is 0.219. The van der Waals surface area contributed by atoms with Gasteiger partial charge in [-0.2, -0.15) is 0 Å². The topological polar surface area (TPSA) is 75.7 Å². The number of hydrogen-bond donors (Lipinski definition) is 1. The molecule has 156 valence electrons. The molecule has 0 aromatic heterocycles. The Bertz CT molecular complexity index is 997. The molecule has 1 aliphatic rings. The summed E-state index contributed by atoms with van der Waals surface area (Å²) in [5, 5.41) is 2.92. The number of carbonyl (C=O) groups is 1. The van der Waals surface area contributed by atoms with Gasteiger partial charge in [0.2, 0.25) is 10.0 Å². The Morgan fingerprint density at radius 3 is 2.41 bits per heavy atom. The van der Waals surface area contributed by atoms with Gasteiger partial charge < -0.3 is 10.1 Å². The average Bonchev–Trinajstić information content (AvgIpc) is 2.65. The zero-order valence-corrected chi connectivity index (χ0v) is 18.3. The van der Waals surface area contributed by atoms with Gasteiger partial charge in [-0.05, 0) is 35.6 Å². The zero-order chi connectivity index (χ0) is 21.4. The summed E-state index contributed by atoms with van der Waals surface area (Å²) in [4.78, 5) is 12.8. The first-order chi connectivity index (χ1) is 13.5. The molecule has 29 heavy (non-hydrogen) atoms. The second-order valence-electron chi connectivity index (χ2n) is 8.47. The van der Waals surface area contributed by atoms with Crippen LogP contribution in [0, 0.1) is 0 Å². The van der Waals surface area contributed by atoms with Crippen LogP contribution in [0.1, 0.15) is 44.9 Å². The lowest BCUT2D eigenvalue weighted by Crippen LogP contribution is -2.50. The van der Waals surface area contributed by atoms with Gasteiger partial charge in [-0.25, -0.2) is 8.42 Å². The Morgan fingerprint density at radius 1 is 1.17 bits per heavy atom. The molecule has 6 nitrogen and oxygen atoms in total. The van der Waals surface area contributed by atoms with Gasteiger partial charge >= 0.3 is 0 Å². The highest BCUT2D eigenvalue weighted by atomic mass is 32.2. The predicted molar refractivity (Wildman–Crippen MR) is 115 cm³/mol. The third kappa shape index (κ3) is 4.72. The lowest BCUT2D eigenvalue weighted by molar-refractivity contribution is -0.128. The minimum Gasteiger partial charge on any atom is -0.476 e. The Balaban J connectivity index is 1.88. The molecule has 0 unspecified atom stereocenters. The predicted octanol–water partition coefficient (Wildman–Crippen LogP) is 3.39. The minimum absolute atomic E-state index is 0.0627. The van der Waals surface area contributed by atoms with E-state index < -0.39 is 16.1 Å². The first-order valence-electron chi connectivity index (χ1n) is 9.61. The van der Waals surface area contributed by atoms with Crippen LogP contribution in [0.25, 0.3) is 0 Å². The third-order valence-electron chi connectivity index (χ3n) is 5.05. The van der Waals surface area contributed by atoms with E-state index >= 15 is 0 Å². The summed E-state index contributed by atoms with van der Waals surface area (Å²) in [5.74, 6) is 0.0442. The lowest BCUT2D eigenvalue weighted by atomic mass is 9.86. The number of anilines is 1. The van der Waals surface area contributed by atoms with E-state index in [0.717, 1.165) is 17.4 Å². The second-order valence-corrected chi connectivity index (χ2v) is 10.4. The quantitative estimate of drug-likeness (QED) is 0.829. The van der Waals surface area contributed by atoms with Gasteiger partial charge in [0.15, 0.2) is 6.10 Å². The van der Waals surface area contributed by atoms with Crippen molar-refractivity contribution in [1.82, 2.24) is 5.32 Å². The number of benzene rings is 2. The van der Waals surface area contributed by atoms with Gasteiger partial charge in [-0.15, -0.1) is 0 Å².